The Labute approximate surface area is 175 Å². The zero-order valence-corrected chi connectivity index (χ0v) is 17.3. The summed E-state index contributed by atoms with van der Waals surface area (Å²) >= 11 is 0. The summed E-state index contributed by atoms with van der Waals surface area (Å²) in [7, 11) is 0. The molecule has 5 nitrogen and oxygen atoms in total. The van der Waals surface area contributed by atoms with Gasteiger partial charge in [-0.2, -0.15) is 0 Å². The van der Waals surface area contributed by atoms with Crippen molar-refractivity contribution in [1.29, 1.82) is 0 Å². The van der Waals surface area contributed by atoms with Gasteiger partial charge in [-0.1, -0.05) is 32.0 Å². The Morgan fingerprint density at radius 1 is 1.03 bits per heavy atom. The molecular weight excluding hydrogens is 388 g/mol. The lowest BCUT2D eigenvalue weighted by Crippen LogP contribution is -2.47. The highest BCUT2D eigenvalue weighted by Crippen LogP contribution is 2.18. The minimum absolute atomic E-state index is 0.281. The summed E-state index contributed by atoms with van der Waals surface area (Å²) < 4.78 is 27.8. The number of hydrogen-bond acceptors (Lipinski definition) is 3. The van der Waals surface area contributed by atoms with Crippen LogP contribution in [0, 0.1) is 17.6 Å². The van der Waals surface area contributed by atoms with Gasteiger partial charge in [0, 0.05) is 12.2 Å². The first-order chi connectivity index (χ1) is 14.3. The van der Waals surface area contributed by atoms with E-state index < -0.39 is 35.1 Å². The summed E-state index contributed by atoms with van der Waals surface area (Å²) in [6, 6.07) is 9.83. The van der Waals surface area contributed by atoms with Crippen molar-refractivity contribution in [2.24, 2.45) is 5.92 Å². The monoisotopic (exact) mass is 415 g/mol. The first kappa shape index (κ1) is 21.9. The molecule has 7 heteroatoms. The number of anilines is 1. The van der Waals surface area contributed by atoms with Gasteiger partial charge in [0.2, 0.25) is 5.91 Å². The number of nitrogens with one attached hydrogen (secondary N) is 2. The van der Waals surface area contributed by atoms with Gasteiger partial charge in [0.25, 0.3) is 5.91 Å². The molecule has 160 valence electrons. The zero-order chi connectivity index (χ0) is 21.7. The van der Waals surface area contributed by atoms with Crippen molar-refractivity contribution < 1.29 is 18.4 Å². The predicted octanol–water partition coefficient (Wildman–Crippen LogP) is 3.95. The van der Waals surface area contributed by atoms with Crippen LogP contribution in [0.2, 0.25) is 0 Å². The van der Waals surface area contributed by atoms with Crippen molar-refractivity contribution in [3.05, 3.63) is 65.2 Å². The molecule has 1 saturated heterocycles. The van der Waals surface area contributed by atoms with Gasteiger partial charge < -0.3 is 10.6 Å². The normalized spacial score (nSPS) is 15.2. The SMILES string of the molecule is CC(C)C(NC(=O)c1c(F)cccc1F)C(=O)Nc1cccc(CN2CCCC2)c1. The smallest absolute Gasteiger partial charge is 0.257 e. The summed E-state index contributed by atoms with van der Waals surface area (Å²) in [6.07, 6.45) is 2.41. The molecule has 0 spiro atoms. The van der Waals surface area contributed by atoms with Gasteiger partial charge in [-0.3, -0.25) is 14.5 Å². The molecule has 2 aromatic rings. The molecule has 30 heavy (non-hydrogen) atoms. The average molecular weight is 415 g/mol. The molecule has 1 unspecified atom stereocenters. The van der Waals surface area contributed by atoms with Gasteiger partial charge in [-0.15, -0.1) is 0 Å². The van der Waals surface area contributed by atoms with E-state index in [1.807, 2.05) is 18.2 Å². The second kappa shape index (κ2) is 9.80. The molecule has 2 N–H and O–H groups in total. The van der Waals surface area contributed by atoms with Crippen LogP contribution in [0.25, 0.3) is 0 Å². The molecular formula is C23H27F2N3O2. The van der Waals surface area contributed by atoms with Gasteiger partial charge >= 0.3 is 0 Å². The van der Waals surface area contributed by atoms with Crippen LogP contribution in [-0.4, -0.2) is 35.8 Å². The van der Waals surface area contributed by atoms with Crippen LogP contribution in [0.1, 0.15) is 42.6 Å². The molecule has 1 heterocycles. The lowest BCUT2D eigenvalue weighted by molar-refractivity contribution is -0.118. The van der Waals surface area contributed by atoms with Gasteiger partial charge in [0.05, 0.1) is 0 Å². The fraction of sp³-hybridized carbons (Fsp3) is 0.391. The van der Waals surface area contributed by atoms with Crippen LogP contribution in [0.15, 0.2) is 42.5 Å². The number of hydrogen-bond donors (Lipinski definition) is 2. The number of rotatable bonds is 7. The largest absolute Gasteiger partial charge is 0.340 e. The van der Waals surface area contributed by atoms with Gasteiger partial charge in [0.1, 0.15) is 23.2 Å². The molecule has 1 fully saturated rings. The Morgan fingerprint density at radius 2 is 1.67 bits per heavy atom. The molecule has 1 atom stereocenters. The van der Waals surface area contributed by atoms with Crippen molar-refractivity contribution in [2.45, 2.75) is 39.3 Å². The molecule has 2 aromatic carbocycles. The fourth-order valence-corrected chi connectivity index (χ4v) is 3.63. The predicted molar refractivity (Wildman–Crippen MR) is 112 cm³/mol. The second-order valence-electron chi connectivity index (χ2n) is 7.96. The number of likely N-dealkylation sites (tertiary alicyclic amines) is 1. The molecule has 0 aromatic heterocycles. The minimum atomic E-state index is -0.968. The Hall–Kier alpha value is -2.80. The molecule has 0 aliphatic carbocycles. The maximum absolute atomic E-state index is 13.9. The van der Waals surface area contributed by atoms with Crippen molar-refractivity contribution in [1.82, 2.24) is 10.2 Å². The standard InChI is InChI=1S/C23H27F2N3O2/c1-15(2)21(27-22(29)20-18(24)9-6-10-19(20)25)23(30)26-17-8-5-7-16(13-17)14-28-11-3-4-12-28/h5-10,13,15,21H,3-4,11-12,14H2,1-2H3,(H,26,30)(H,27,29). The lowest BCUT2D eigenvalue weighted by Gasteiger charge is -2.22. The molecule has 0 saturated carbocycles. The van der Waals surface area contributed by atoms with Crippen molar-refractivity contribution >= 4 is 17.5 Å². The number of benzene rings is 2. The number of carbonyl (C=O) groups excluding carboxylic acids is 2. The van der Waals surface area contributed by atoms with E-state index in [0.29, 0.717) is 5.69 Å². The van der Waals surface area contributed by atoms with Crippen LogP contribution in [0.5, 0.6) is 0 Å². The molecule has 3 rings (SSSR count). The third-order valence-electron chi connectivity index (χ3n) is 5.22. The van der Waals surface area contributed by atoms with E-state index in [2.05, 4.69) is 15.5 Å². The lowest BCUT2D eigenvalue weighted by atomic mass is 10.0. The van der Waals surface area contributed by atoms with Crippen LogP contribution in [0.3, 0.4) is 0 Å². The summed E-state index contributed by atoms with van der Waals surface area (Å²) in [4.78, 5) is 27.6. The highest BCUT2D eigenvalue weighted by molar-refractivity contribution is 6.01. The van der Waals surface area contributed by atoms with Crippen molar-refractivity contribution in [3.8, 4) is 0 Å². The second-order valence-corrected chi connectivity index (χ2v) is 7.96. The summed E-state index contributed by atoms with van der Waals surface area (Å²) in [5.41, 5.74) is 1.02. The Bertz CT molecular complexity index is 891. The topological polar surface area (TPSA) is 61.4 Å². The van der Waals surface area contributed by atoms with Crippen LogP contribution in [-0.2, 0) is 11.3 Å². The molecule has 2 amide bonds. The average Bonchev–Trinajstić information content (AvgIpc) is 3.19. The minimum Gasteiger partial charge on any atom is -0.340 e. The number of nitrogens with zero attached hydrogens (tertiary/aromatic N) is 1. The highest BCUT2D eigenvalue weighted by atomic mass is 19.1. The quantitative estimate of drug-likeness (QED) is 0.720. The molecule has 1 aliphatic heterocycles. The number of halogens is 2. The Kier molecular flexibility index (Phi) is 7.15. The van der Waals surface area contributed by atoms with E-state index in [4.69, 9.17) is 0 Å². The summed E-state index contributed by atoms with van der Waals surface area (Å²) in [5, 5.41) is 5.28. The maximum atomic E-state index is 13.9. The van der Waals surface area contributed by atoms with E-state index in [1.54, 1.807) is 19.9 Å². The maximum Gasteiger partial charge on any atom is 0.257 e. The number of amides is 2. The van der Waals surface area contributed by atoms with Crippen molar-refractivity contribution in [3.63, 3.8) is 0 Å². The van der Waals surface area contributed by atoms with Crippen LogP contribution in [0.4, 0.5) is 14.5 Å². The summed E-state index contributed by atoms with van der Waals surface area (Å²) in [6.45, 7) is 6.48. The van der Waals surface area contributed by atoms with Crippen molar-refractivity contribution in [2.75, 3.05) is 18.4 Å². The molecule has 0 radical (unpaired) electrons. The highest BCUT2D eigenvalue weighted by Gasteiger charge is 2.27. The van der Waals surface area contributed by atoms with E-state index in [-0.39, 0.29) is 5.92 Å². The van der Waals surface area contributed by atoms with E-state index in [1.165, 1.54) is 18.9 Å². The van der Waals surface area contributed by atoms with Crippen LogP contribution < -0.4 is 10.6 Å². The Morgan fingerprint density at radius 3 is 2.30 bits per heavy atom. The summed E-state index contributed by atoms with van der Waals surface area (Å²) in [5.74, 6) is -3.61. The first-order valence-electron chi connectivity index (χ1n) is 10.2. The number of carbonyl (C=O) groups is 2. The molecule has 0 bridgehead atoms. The van der Waals surface area contributed by atoms with Gasteiger partial charge in [0.15, 0.2) is 0 Å². The van der Waals surface area contributed by atoms with E-state index >= 15 is 0 Å². The zero-order valence-electron chi connectivity index (χ0n) is 17.3. The van der Waals surface area contributed by atoms with E-state index in [9.17, 15) is 18.4 Å². The first-order valence-corrected chi connectivity index (χ1v) is 10.2. The molecule has 1 aliphatic rings. The Balaban J connectivity index is 1.69. The van der Waals surface area contributed by atoms with Gasteiger partial charge in [-0.25, -0.2) is 8.78 Å². The van der Waals surface area contributed by atoms with Gasteiger partial charge in [-0.05, 0) is 61.7 Å². The van der Waals surface area contributed by atoms with E-state index in [0.717, 1.165) is 37.3 Å². The van der Waals surface area contributed by atoms with Crippen LogP contribution >= 0.6 is 0 Å². The third kappa shape index (κ3) is 5.42. The third-order valence-corrected chi connectivity index (χ3v) is 5.22. The fourth-order valence-electron chi connectivity index (χ4n) is 3.63.